The van der Waals surface area contributed by atoms with E-state index in [1.54, 1.807) is 0 Å². The number of benzene rings is 1. The Morgan fingerprint density at radius 3 is 2.58 bits per heavy atom. The van der Waals surface area contributed by atoms with Gasteiger partial charge in [0.2, 0.25) is 0 Å². The number of carboxylic acid groups (broad SMARTS) is 1. The first-order chi connectivity index (χ1) is 9.00. The second kappa shape index (κ2) is 4.16. The molecule has 1 aliphatic carbocycles. The lowest BCUT2D eigenvalue weighted by Gasteiger charge is -2.37. The van der Waals surface area contributed by atoms with Gasteiger partial charge in [-0.3, -0.25) is 14.6 Å². The predicted molar refractivity (Wildman–Crippen MR) is 71.9 cm³/mol. The van der Waals surface area contributed by atoms with E-state index < -0.39 is 17.4 Å². The van der Waals surface area contributed by atoms with Crippen LogP contribution in [0.1, 0.15) is 18.4 Å². The van der Waals surface area contributed by atoms with E-state index in [4.69, 9.17) is 5.11 Å². The third kappa shape index (κ3) is 1.96. The van der Waals surface area contributed by atoms with Crippen LogP contribution in [-0.2, 0) is 9.59 Å². The Kier molecular flexibility index (Phi) is 2.70. The average molecular weight is 323 g/mol. The van der Waals surface area contributed by atoms with E-state index in [-0.39, 0.29) is 18.7 Å². The largest absolute Gasteiger partial charge is 0.481 e. The number of amidine groups is 1. The number of hydrogen-bond donors (Lipinski definition) is 2. The van der Waals surface area contributed by atoms with Crippen molar-refractivity contribution in [2.75, 3.05) is 0 Å². The molecule has 1 fully saturated rings. The first kappa shape index (κ1) is 12.3. The van der Waals surface area contributed by atoms with Gasteiger partial charge in [-0.1, -0.05) is 28.1 Å². The summed E-state index contributed by atoms with van der Waals surface area (Å²) in [6.45, 7) is 0. The van der Waals surface area contributed by atoms with E-state index in [1.165, 1.54) is 0 Å². The van der Waals surface area contributed by atoms with Crippen LogP contribution in [-0.4, -0.2) is 28.4 Å². The summed E-state index contributed by atoms with van der Waals surface area (Å²) < 4.78 is 0.950. The summed E-state index contributed by atoms with van der Waals surface area (Å²) in [6.07, 6.45) is 0.572. The molecule has 6 heteroatoms. The number of rotatable bonds is 2. The number of halogens is 1. The van der Waals surface area contributed by atoms with Gasteiger partial charge >= 0.3 is 5.97 Å². The molecule has 1 heterocycles. The van der Waals surface area contributed by atoms with Crippen molar-refractivity contribution in [3.63, 3.8) is 0 Å². The molecule has 1 spiro atoms. The fourth-order valence-corrected chi connectivity index (χ4v) is 2.73. The van der Waals surface area contributed by atoms with E-state index in [0.29, 0.717) is 5.84 Å². The van der Waals surface area contributed by atoms with Crippen molar-refractivity contribution < 1.29 is 14.7 Å². The maximum atomic E-state index is 12.0. The van der Waals surface area contributed by atoms with E-state index in [1.807, 2.05) is 24.3 Å². The minimum absolute atomic E-state index is 0.192. The monoisotopic (exact) mass is 322 g/mol. The van der Waals surface area contributed by atoms with E-state index in [9.17, 15) is 9.59 Å². The first-order valence-corrected chi connectivity index (χ1v) is 6.69. The number of hydrogen-bond acceptors (Lipinski definition) is 3. The molecule has 0 saturated heterocycles. The van der Waals surface area contributed by atoms with Gasteiger partial charge in [0, 0.05) is 10.0 Å². The molecule has 1 amide bonds. The minimum atomic E-state index is -0.856. The third-order valence-electron chi connectivity index (χ3n) is 3.62. The summed E-state index contributed by atoms with van der Waals surface area (Å²) in [4.78, 5) is 27.2. The van der Waals surface area contributed by atoms with Crippen LogP contribution in [0.3, 0.4) is 0 Å². The lowest BCUT2D eigenvalue weighted by atomic mass is 9.68. The Bertz CT molecular complexity index is 588. The first-order valence-electron chi connectivity index (χ1n) is 5.90. The van der Waals surface area contributed by atoms with Crippen LogP contribution in [0.2, 0.25) is 0 Å². The number of nitrogens with one attached hydrogen (secondary N) is 1. The van der Waals surface area contributed by atoms with Crippen LogP contribution in [0, 0.1) is 5.92 Å². The Balaban J connectivity index is 1.85. The van der Waals surface area contributed by atoms with Crippen LogP contribution in [0.5, 0.6) is 0 Å². The lowest BCUT2D eigenvalue weighted by molar-refractivity contribution is -0.149. The Labute approximate surface area is 117 Å². The van der Waals surface area contributed by atoms with Crippen LogP contribution in [0.4, 0.5) is 0 Å². The molecule has 0 unspecified atom stereocenters. The van der Waals surface area contributed by atoms with Gasteiger partial charge < -0.3 is 10.4 Å². The standard InChI is InChI=1S/C13H11BrN2O3/c14-9-3-1-7(2-4-9)10-15-12(19)13(16-10)5-8(6-13)11(17)18/h1-4,8H,5-6H2,(H,17,18)(H,15,16,19). The van der Waals surface area contributed by atoms with Gasteiger partial charge in [0.25, 0.3) is 5.91 Å². The molecule has 5 nitrogen and oxygen atoms in total. The molecule has 1 aromatic rings. The predicted octanol–water partition coefficient (Wildman–Crippen LogP) is 1.56. The second-order valence-electron chi connectivity index (χ2n) is 4.90. The molecule has 2 N–H and O–H groups in total. The zero-order valence-electron chi connectivity index (χ0n) is 9.89. The molecule has 1 saturated carbocycles. The molecule has 0 bridgehead atoms. The Hall–Kier alpha value is -1.69. The smallest absolute Gasteiger partial charge is 0.306 e. The van der Waals surface area contributed by atoms with Crippen LogP contribution in [0.15, 0.2) is 33.7 Å². The van der Waals surface area contributed by atoms with Crippen LogP contribution in [0.25, 0.3) is 0 Å². The highest BCUT2D eigenvalue weighted by Gasteiger charge is 2.56. The summed E-state index contributed by atoms with van der Waals surface area (Å²) >= 11 is 3.34. The molecule has 3 rings (SSSR count). The van der Waals surface area contributed by atoms with Crippen molar-refractivity contribution >= 4 is 33.6 Å². The zero-order valence-corrected chi connectivity index (χ0v) is 11.5. The molecule has 98 valence electrons. The highest BCUT2D eigenvalue weighted by Crippen LogP contribution is 2.43. The number of carbonyl (C=O) groups is 2. The number of carbonyl (C=O) groups excluding carboxylic acids is 1. The van der Waals surface area contributed by atoms with Gasteiger partial charge in [-0.15, -0.1) is 0 Å². The van der Waals surface area contributed by atoms with Crippen LogP contribution < -0.4 is 5.32 Å². The third-order valence-corrected chi connectivity index (χ3v) is 4.14. The van der Waals surface area contributed by atoms with Crippen molar-refractivity contribution in [2.45, 2.75) is 18.4 Å². The summed E-state index contributed by atoms with van der Waals surface area (Å²) in [5, 5.41) is 11.6. The maximum absolute atomic E-state index is 12.0. The minimum Gasteiger partial charge on any atom is -0.481 e. The fourth-order valence-electron chi connectivity index (χ4n) is 2.47. The summed E-state index contributed by atoms with van der Waals surface area (Å²) in [7, 11) is 0. The topological polar surface area (TPSA) is 78.8 Å². The number of nitrogens with zero attached hydrogens (tertiary/aromatic N) is 1. The normalized spacial score (nSPS) is 28.8. The number of amides is 1. The molecule has 0 atom stereocenters. The van der Waals surface area contributed by atoms with Gasteiger partial charge in [-0.2, -0.15) is 0 Å². The maximum Gasteiger partial charge on any atom is 0.306 e. The summed E-state index contributed by atoms with van der Waals surface area (Å²) in [5.74, 6) is -0.978. The molecule has 0 aromatic heterocycles. The van der Waals surface area contributed by atoms with Crippen molar-refractivity contribution in [1.29, 1.82) is 0 Å². The highest BCUT2D eigenvalue weighted by atomic mass is 79.9. The zero-order chi connectivity index (χ0) is 13.6. The van der Waals surface area contributed by atoms with E-state index in [2.05, 4.69) is 26.2 Å². The fraction of sp³-hybridized carbons (Fsp3) is 0.308. The van der Waals surface area contributed by atoms with Gasteiger partial charge in [0.15, 0.2) is 0 Å². The van der Waals surface area contributed by atoms with Crippen molar-refractivity contribution in [3.05, 3.63) is 34.3 Å². The van der Waals surface area contributed by atoms with Crippen molar-refractivity contribution in [2.24, 2.45) is 10.9 Å². The lowest BCUT2D eigenvalue weighted by Crippen LogP contribution is -2.52. The molecule has 1 aliphatic heterocycles. The number of aliphatic imine (C=N–C) groups is 1. The molecular weight excluding hydrogens is 312 g/mol. The van der Waals surface area contributed by atoms with Gasteiger partial charge in [-0.25, -0.2) is 0 Å². The van der Waals surface area contributed by atoms with Gasteiger partial charge in [0.05, 0.1) is 5.92 Å². The molecule has 2 aliphatic rings. The molecular formula is C13H11BrN2O3. The highest BCUT2D eigenvalue weighted by molar-refractivity contribution is 9.10. The number of aliphatic carboxylic acids is 1. The molecule has 0 radical (unpaired) electrons. The van der Waals surface area contributed by atoms with Crippen molar-refractivity contribution in [1.82, 2.24) is 5.32 Å². The van der Waals surface area contributed by atoms with Crippen molar-refractivity contribution in [3.8, 4) is 0 Å². The average Bonchev–Trinajstić information content (AvgIpc) is 2.66. The summed E-state index contributed by atoms with van der Waals surface area (Å²) in [6, 6.07) is 7.46. The molecule has 19 heavy (non-hydrogen) atoms. The van der Waals surface area contributed by atoms with E-state index >= 15 is 0 Å². The van der Waals surface area contributed by atoms with Gasteiger partial charge in [-0.05, 0) is 25.0 Å². The Morgan fingerprint density at radius 2 is 2.00 bits per heavy atom. The second-order valence-corrected chi connectivity index (χ2v) is 5.81. The number of carboxylic acids is 1. The van der Waals surface area contributed by atoms with Gasteiger partial charge in [0.1, 0.15) is 11.4 Å². The molecule has 1 aromatic carbocycles. The SMILES string of the molecule is O=C(O)C1CC2(C1)N=C(c1ccc(Br)cc1)NC2=O. The quantitative estimate of drug-likeness (QED) is 0.867. The Morgan fingerprint density at radius 1 is 1.37 bits per heavy atom. The van der Waals surface area contributed by atoms with E-state index in [0.717, 1.165) is 10.0 Å². The summed E-state index contributed by atoms with van der Waals surface area (Å²) in [5.41, 5.74) is -0.0296. The van der Waals surface area contributed by atoms with Crippen LogP contribution >= 0.6 is 15.9 Å².